The van der Waals surface area contributed by atoms with Crippen LogP contribution in [0.1, 0.15) is 0 Å². The fourth-order valence-electron chi connectivity index (χ4n) is 0. The van der Waals surface area contributed by atoms with Gasteiger partial charge in [-0.1, -0.05) is 0 Å². The van der Waals surface area contributed by atoms with E-state index in [0.29, 0.717) is 5.62 Å². The van der Waals surface area contributed by atoms with Crippen molar-refractivity contribution in [3.8, 4) is 0 Å². The van der Waals surface area contributed by atoms with Crippen molar-refractivity contribution in [1.82, 2.24) is 0 Å². The third kappa shape index (κ3) is 78.0. The number of aliphatic hydroxyl groups excluding tert-OH is 1. The van der Waals surface area contributed by atoms with Crippen molar-refractivity contribution in [2.75, 3.05) is 38.6 Å². The van der Waals surface area contributed by atoms with Crippen molar-refractivity contribution in [1.29, 1.82) is 0 Å². The summed E-state index contributed by atoms with van der Waals surface area (Å²) in [5, 5.41) is 8.14. The summed E-state index contributed by atoms with van der Waals surface area (Å²) in [5.74, 6) is 0. The van der Waals surface area contributed by atoms with E-state index in [-0.39, 0.29) is 6.35 Å². The molecule has 1 N–H and O–H groups in total. The molecule has 0 radical (unpaired) electrons. The van der Waals surface area contributed by atoms with Crippen LogP contribution in [0.25, 0.3) is 0 Å². The molecule has 18 heavy (non-hydrogen) atoms. The Kier molecular flexibility index (Phi) is 13.6. The van der Waals surface area contributed by atoms with E-state index in [0.717, 1.165) is 0 Å². The number of hydrogen-bond donors (Lipinski definition) is 1. The predicted octanol–water partition coefficient (Wildman–Crippen LogP) is 6.67. The fourth-order valence-corrected chi connectivity index (χ4v) is 0. The summed E-state index contributed by atoms with van der Waals surface area (Å²) in [5.41, 5.74) is 0.299. The third-order valence-corrected chi connectivity index (χ3v) is 3.61. The van der Waals surface area contributed by atoms with Crippen LogP contribution < -0.4 is 0 Å². The molecule has 0 aliphatic rings. The summed E-state index contributed by atoms with van der Waals surface area (Å²) in [6.07, 6.45) is -0.174. The Morgan fingerprint density at radius 2 is 1.00 bits per heavy atom. The fraction of sp³-hybridized carbons (Fsp3) is 1.00. The molecule has 0 aliphatic carbocycles. The molecule has 116 valence electrons. The number of alkyl halides is 1. The van der Waals surface area contributed by atoms with Gasteiger partial charge in [0.25, 0.3) is 0 Å². The molecule has 0 unspecified atom stereocenters. The zero-order chi connectivity index (χ0) is 15.9. The summed E-state index contributed by atoms with van der Waals surface area (Å²) in [6.45, 7) is 6.43. The Labute approximate surface area is 137 Å². The van der Waals surface area contributed by atoms with E-state index in [9.17, 15) is 9.13 Å². The average Bonchev–Trinajstić information content (AvgIpc) is 1.98. The molecule has 0 aromatic heterocycles. The van der Waals surface area contributed by atoms with Gasteiger partial charge in [-0.05, 0) is 26.7 Å². The first-order chi connectivity index (χ1) is 7.36. The van der Waals surface area contributed by atoms with E-state index < -0.39 is 17.7 Å². The maximum absolute atomic E-state index is 10.5. The molecule has 0 rings (SSSR count). The molecule has 0 saturated carbocycles. The van der Waals surface area contributed by atoms with E-state index in [1.807, 2.05) is 0 Å². The molecule has 0 fully saturated rings. The molecule has 0 atom stereocenters. The first-order valence-electron chi connectivity index (χ1n) is 4.22. The van der Waals surface area contributed by atoms with Crippen LogP contribution >= 0.6 is 85.5 Å². The SMILES string of the molecule is CP(C)(=O)CCl.CP(C)(=O)CO.ClP(Cl)(Cl)(Cl)Cl. The molecule has 0 heterocycles. The topological polar surface area (TPSA) is 54.4 Å². The first-order valence-corrected chi connectivity index (χ1v) is 17.1. The molecule has 0 aromatic carbocycles. The Morgan fingerprint density at radius 1 is 0.889 bits per heavy atom. The molecule has 0 bridgehead atoms. The average molecular weight is 443 g/mol. The van der Waals surface area contributed by atoms with Crippen molar-refractivity contribution in [2.45, 2.75) is 0 Å². The molecular weight excluding hydrogens is 426 g/mol. The first kappa shape index (κ1) is 25.5. The van der Waals surface area contributed by atoms with Crippen molar-refractivity contribution in [2.24, 2.45) is 0 Å². The molecule has 0 spiro atoms. The van der Waals surface area contributed by atoms with Gasteiger partial charge in [0.15, 0.2) is 0 Å². The zero-order valence-corrected chi connectivity index (χ0v) is 17.5. The van der Waals surface area contributed by atoms with E-state index in [4.69, 9.17) is 72.9 Å². The van der Waals surface area contributed by atoms with Gasteiger partial charge in [0.1, 0.15) is 7.14 Å². The molecule has 0 aromatic rings. The van der Waals surface area contributed by atoms with E-state index in [1.54, 1.807) is 26.7 Å². The number of aliphatic hydroxyl groups is 1. The van der Waals surface area contributed by atoms with Crippen molar-refractivity contribution < 1.29 is 14.2 Å². The second-order valence-corrected chi connectivity index (χ2v) is 28.2. The van der Waals surface area contributed by atoms with Gasteiger partial charge in [-0.2, -0.15) is 0 Å². The van der Waals surface area contributed by atoms with Gasteiger partial charge in [-0.3, -0.25) is 0 Å². The van der Waals surface area contributed by atoms with Gasteiger partial charge in [0.05, 0.1) is 19.1 Å². The summed E-state index contributed by atoms with van der Waals surface area (Å²) in [7, 11) is -3.97. The number of rotatable bonds is 2. The Hall–Kier alpha value is 2.59. The van der Waals surface area contributed by atoms with Crippen LogP contribution in [0.4, 0.5) is 0 Å². The molecular formula is C6H17Cl6O3P3. The molecule has 0 aliphatic heterocycles. The monoisotopic (exact) mass is 440 g/mol. The summed E-state index contributed by atoms with van der Waals surface area (Å²) in [6, 6.07) is 0. The Balaban J connectivity index is -0.000000187. The maximum atomic E-state index is 10.5. The van der Waals surface area contributed by atoms with Gasteiger partial charge in [0, 0.05) is 0 Å². The van der Waals surface area contributed by atoms with Crippen molar-refractivity contribution in [3.63, 3.8) is 0 Å². The van der Waals surface area contributed by atoms with Crippen molar-refractivity contribution >= 4 is 85.5 Å². The minimum absolute atomic E-state index is 0.174. The summed E-state index contributed by atoms with van der Waals surface area (Å²) in [4.78, 5) is 0. The predicted molar refractivity (Wildman–Crippen MR) is 92.9 cm³/mol. The van der Waals surface area contributed by atoms with Gasteiger partial charge in [-0.25, -0.2) is 0 Å². The van der Waals surface area contributed by atoms with Crippen LogP contribution in [-0.4, -0.2) is 43.7 Å². The second-order valence-electron chi connectivity index (χ2n) is 4.05. The normalized spacial score (nSPS) is 14.3. The summed E-state index contributed by atoms with van der Waals surface area (Å²) < 4.78 is 17.1. The molecule has 0 amide bonds. The third-order valence-electron chi connectivity index (χ3n) is 0.628. The van der Waals surface area contributed by atoms with E-state index >= 15 is 0 Å². The Morgan fingerprint density at radius 3 is 1.00 bits per heavy atom. The van der Waals surface area contributed by atoms with Crippen LogP contribution in [0.2, 0.25) is 0 Å². The van der Waals surface area contributed by atoms with Gasteiger partial charge in [-0.15, -0.1) is 11.6 Å². The molecule has 12 heteroatoms. The van der Waals surface area contributed by atoms with Crippen LogP contribution in [0.15, 0.2) is 0 Å². The summed E-state index contributed by atoms with van der Waals surface area (Å²) >= 11 is 30.1. The van der Waals surface area contributed by atoms with E-state index in [2.05, 4.69) is 0 Å². The zero-order valence-electron chi connectivity index (χ0n) is 10.3. The van der Waals surface area contributed by atoms with E-state index in [1.165, 1.54) is 0 Å². The van der Waals surface area contributed by atoms with Crippen LogP contribution in [0, 0.1) is 0 Å². The van der Waals surface area contributed by atoms with Crippen LogP contribution in [-0.2, 0) is 9.13 Å². The van der Waals surface area contributed by atoms with Crippen molar-refractivity contribution in [3.05, 3.63) is 0 Å². The molecule has 3 nitrogen and oxygen atoms in total. The van der Waals surface area contributed by atoms with Crippen LogP contribution in [0.5, 0.6) is 0 Å². The van der Waals surface area contributed by atoms with Gasteiger partial charge < -0.3 is 14.2 Å². The number of hydrogen-bond acceptors (Lipinski definition) is 3. The molecule has 0 saturated heterocycles. The Bertz CT molecular complexity index is 275. The van der Waals surface area contributed by atoms with Gasteiger partial charge in [0.2, 0.25) is 0 Å². The van der Waals surface area contributed by atoms with Crippen LogP contribution in [0.3, 0.4) is 0 Å². The standard InChI is InChI=1S/C3H8ClOP.C3H9O2P.Cl5P/c2*1-6(2,5)3-4;1-6(2,3,4)5/h3H2,1-2H3;4H,3H2,1-2H3;. The minimum atomic E-state index is -3.69. The quantitative estimate of drug-likeness (QED) is 0.383. The second kappa shape index (κ2) is 9.58. The van der Waals surface area contributed by atoms with Gasteiger partial charge >= 0.3 is 59.6 Å². The number of halogens is 6.